The molecule has 1 aromatic heterocycles. The summed E-state index contributed by atoms with van der Waals surface area (Å²) in [6, 6.07) is 0.347. The Labute approximate surface area is 128 Å². The van der Waals surface area contributed by atoms with E-state index < -0.39 is 0 Å². The van der Waals surface area contributed by atoms with Crippen LogP contribution < -0.4 is 4.90 Å². The van der Waals surface area contributed by atoms with Crippen molar-refractivity contribution in [1.29, 1.82) is 0 Å². The molecule has 0 aliphatic heterocycles. The minimum atomic E-state index is -0.113. The van der Waals surface area contributed by atoms with E-state index in [0.29, 0.717) is 11.2 Å². The molecule has 0 aliphatic rings. The topological polar surface area (TPSA) is 29.0 Å². The molecule has 1 rings (SSSR count). The molecule has 4 heteroatoms. The van der Waals surface area contributed by atoms with Crippen LogP contribution in [0.25, 0.3) is 0 Å². The third-order valence-corrected chi connectivity index (χ3v) is 4.27. The Morgan fingerprint density at radius 1 is 1.05 bits per heavy atom. The number of halogens is 1. The number of aromatic nitrogens is 2. The van der Waals surface area contributed by atoms with Crippen molar-refractivity contribution in [2.45, 2.75) is 66.8 Å². The highest BCUT2D eigenvalue weighted by atomic mass is 35.5. The fraction of sp³-hybridized carbons (Fsp3) is 0.750. The second-order valence-corrected chi connectivity index (χ2v) is 8.05. The predicted molar refractivity (Wildman–Crippen MR) is 87.8 cm³/mol. The van der Waals surface area contributed by atoms with Crippen molar-refractivity contribution in [3.63, 3.8) is 0 Å². The first-order valence-electron chi connectivity index (χ1n) is 7.13. The zero-order valence-corrected chi connectivity index (χ0v) is 15.1. The fourth-order valence-corrected chi connectivity index (χ4v) is 2.09. The van der Waals surface area contributed by atoms with Gasteiger partial charge >= 0.3 is 0 Å². The quantitative estimate of drug-likeness (QED) is 0.747. The van der Waals surface area contributed by atoms with Crippen molar-refractivity contribution in [2.24, 2.45) is 5.41 Å². The van der Waals surface area contributed by atoms with Gasteiger partial charge in [0.1, 0.15) is 16.8 Å². The molecule has 1 heterocycles. The van der Waals surface area contributed by atoms with Crippen molar-refractivity contribution in [3.05, 3.63) is 16.5 Å². The summed E-state index contributed by atoms with van der Waals surface area (Å²) in [5, 5.41) is 0.549. The number of hydrogen-bond donors (Lipinski definition) is 0. The maximum atomic E-state index is 6.31. The molecule has 20 heavy (non-hydrogen) atoms. The summed E-state index contributed by atoms with van der Waals surface area (Å²) < 4.78 is 0. The van der Waals surface area contributed by atoms with Gasteiger partial charge in [0, 0.05) is 24.1 Å². The third kappa shape index (κ3) is 3.63. The van der Waals surface area contributed by atoms with Crippen LogP contribution in [0.2, 0.25) is 5.15 Å². The molecular weight excluding hydrogens is 270 g/mol. The van der Waals surface area contributed by atoms with Gasteiger partial charge in [-0.15, -0.1) is 0 Å². The Balaban J connectivity index is 3.34. The zero-order valence-electron chi connectivity index (χ0n) is 14.3. The molecule has 0 spiro atoms. The van der Waals surface area contributed by atoms with Gasteiger partial charge in [-0.05, 0) is 19.3 Å². The van der Waals surface area contributed by atoms with Gasteiger partial charge in [-0.1, -0.05) is 53.1 Å². The number of anilines is 1. The second kappa shape index (κ2) is 5.51. The van der Waals surface area contributed by atoms with Crippen LogP contribution in [0, 0.1) is 12.3 Å². The summed E-state index contributed by atoms with van der Waals surface area (Å²) in [5.74, 6) is 1.72. The summed E-state index contributed by atoms with van der Waals surface area (Å²) >= 11 is 6.31. The molecular formula is C16H28ClN3. The molecule has 0 N–H and O–H groups in total. The highest BCUT2D eigenvalue weighted by molar-refractivity contribution is 6.30. The third-order valence-electron chi connectivity index (χ3n) is 3.90. The van der Waals surface area contributed by atoms with Crippen molar-refractivity contribution >= 4 is 17.4 Å². The van der Waals surface area contributed by atoms with E-state index in [1.54, 1.807) is 0 Å². The smallest absolute Gasteiger partial charge is 0.137 e. The van der Waals surface area contributed by atoms with Crippen molar-refractivity contribution in [3.8, 4) is 0 Å². The van der Waals surface area contributed by atoms with Crippen LogP contribution in [0.3, 0.4) is 0 Å². The lowest BCUT2D eigenvalue weighted by Crippen LogP contribution is -2.40. The molecule has 0 aliphatic carbocycles. The molecule has 3 nitrogen and oxygen atoms in total. The van der Waals surface area contributed by atoms with Crippen LogP contribution >= 0.6 is 11.6 Å². The number of rotatable bonds is 2. The van der Waals surface area contributed by atoms with Gasteiger partial charge in [-0.25, -0.2) is 9.97 Å². The van der Waals surface area contributed by atoms with E-state index in [4.69, 9.17) is 16.6 Å². The molecule has 0 fully saturated rings. The lowest BCUT2D eigenvalue weighted by Gasteiger charge is -2.37. The monoisotopic (exact) mass is 297 g/mol. The van der Waals surface area contributed by atoms with Crippen molar-refractivity contribution in [1.82, 2.24) is 9.97 Å². The minimum absolute atomic E-state index is 0.113. The standard InChI is InChI=1S/C16H28ClN3/c1-10-12(17)18-14(16(6,7)8)19-13(10)20(9)11(2)15(3,4)5/h11H,1-9H3. The van der Waals surface area contributed by atoms with Gasteiger partial charge < -0.3 is 4.90 Å². The first-order chi connectivity index (χ1) is 8.85. The predicted octanol–water partition coefficient (Wildman–Crippen LogP) is 4.61. The van der Waals surface area contributed by atoms with Crippen LogP contribution in [-0.2, 0) is 5.41 Å². The number of nitrogens with zero attached hydrogens (tertiary/aromatic N) is 3. The maximum absolute atomic E-state index is 6.31. The summed E-state index contributed by atoms with van der Waals surface area (Å²) in [4.78, 5) is 11.4. The van der Waals surface area contributed by atoms with E-state index in [1.807, 2.05) is 6.92 Å². The average molecular weight is 298 g/mol. The van der Waals surface area contributed by atoms with Crippen LogP contribution in [0.4, 0.5) is 5.82 Å². The largest absolute Gasteiger partial charge is 0.356 e. The molecule has 0 saturated heterocycles. The van der Waals surface area contributed by atoms with E-state index in [-0.39, 0.29) is 10.8 Å². The summed E-state index contributed by atoms with van der Waals surface area (Å²) in [5.41, 5.74) is 0.997. The van der Waals surface area contributed by atoms with E-state index >= 15 is 0 Å². The van der Waals surface area contributed by atoms with E-state index in [0.717, 1.165) is 17.2 Å². The molecule has 0 bridgehead atoms. The molecule has 114 valence electrons. The minimum Gasteiger partial charge on any atom is -0.356 e. The van der Waals surface area contributed by atoms with E-state index in [2.05, 4.69) is 65.4 Å². The normalized spacial score (nSPS) is 14.3. The molecule has 0 aromatic carbocycles. The van der Waals surface area contributed by atoms with Gasteiger partial charge in [0.05, 0.1) is 0 Å². The van der Waals surface area contributed by atoms with Gasteiger partial charge in [0.2, 0.25) is 0 Å². The Bertz CT molecular complexity index is 484. The first kappa shape index (κ1) is 17.2. The Morgan fingerprint density at radius 3 is 1.95 bits per heavy atom. The van der Waals surface area contributed by atoms with Crippen LogP contribution in [0.5, 0.6) is 0 Å². The van der Waals surface area contributed by atoms with Gasteiger partial charge in [-0.3, -0.25) is 0 Å². The Morgan fingerprint density at radius 2 is 1.55 bits per heavy atom. The van der Waals surface area contributed by atoms with Crippen LogP contribution in [0.1, 0.15) is 59.9 Å². The first-order valence-corrected chi connectivity index (χ1v) is 7.51. The Kier molecular flexibility index (Phi) is 4.75. The van der Waals surface area contributed by atoms with Gasteiger partial charge in [0.25, 0.3) is 0 Å². The van der Waals surface area contributed by atoms with E-state index in [1.165, 1.54) is 0 Å². The molecule has 1 unspecified atom stereocenters. The molecule has 0 radical (unpaired) electrons. The van der Waals surface area contributed by atoms with Gasteiger partial charge in [-0.2, -0.15) is 0 Å². The van der Waals surface area contributed by atoms with Gasteiger partial charge in [0.15, 0.2) is 0 Å². The zero-order chi connectivity index (χ0) is 15.9. The highest BCUT2D eigenvalue weighted by Crippen LogP contribution is 2.32. The molecule has 0 amide bonds. The van der Waals surface area contributed by atoms with Crippen LogP contribution in [0.15, 0.2) is 0 Å². The fourth-order valence-electron chi connectivity index (χ4n) is 1.92. The molecule has 1 atom stereocenters. The SMILES string of the molecule is Cc1c(Cl)nc(C(C)(C)C)nc1N(C)C(C)C(C)(C)C. The van der Waals surface area contributed by atoms with Crippen LogP contribution in [-0.4, -0.2) is 23.1 Å². The second-order valence-electron chi connectivity index (χ2n) is 7.69. The summed E-state index contributed by atoms with van der Waals surface area (Å²) in [7, 11) is 2.08. The maximum Gasteiger partial charge on any atom is 0.137 e. The molecule has 0 saturated carbocycles. The van der Waals surface area contributed by atoms with Crippen molar-refractivity contribution in [2.75, 3.05) is 11.9 Å². The van der Waals surface area contributed by atoms with Crippen molar-refractivity contribution < 1.29 is 0 Å². The lowest BCUT2D eigenvalue weighted by atomic mass is 9.87. The number of hydrogen-bond acceptors (Lipinski definition) is 3. The lowest BCUT2D eigenvalue weighted by molar-refractivity contribution is 0.328. The van der Waals surface area contributed by atoms with E-state index in [9.17, 15) is 0 Å². The summed E-state index contributed by atoms with van der Waals surface area (Å²) in [6.07, 6.45) is 0. The average Bonchev–Trinajstić information content (AvgIpc) is 2.28. The summed E-state index contributed by atoms with van der Waals surface area (Å²) in [6.45, 7) is 17.2. The molecule has 1 aromatic rings. The Hall–Kier alpha value is -0.830. The highest BCUT2D eigenvalue weighted by Gasteiger charge is 2.28.